The molecule has 0 bridgehead atoms. The van der Waals surface area contributed by atoms with Crippen LogP contribution in [0.15, 0.2) is 29.2 Å². The largest absolute Gasteiger partial charge is 0.350 e. The van der Waals surface area contributed by atoms with E-state index in [1.54, 1.807) is 18.2 Å². The lowest BCUT2D eigenvalue weighted by molar-refractivity contribution is -0.123. The third kappa shape index (κ3) is 3.99. The van der Waals surface area contributed by atoms with Gasteiger partial charge in [0.05, 0.1) is 13.1 Å². The Morgan fingerprint density at radius 1 is 1.43 bits per heavy atom. The molecule has 0 radical (unpaired) electrons. The lowest BCUT2D eigenvalue weighted by atomic mass is 10.3. The smallest absolute Gasteiger partial charge is 0.348 e. The number of rotatable bonds is 5. The molecule has 116 valence electrons. The van der Waals surface area contributed by atoms with Gasteiger partial charge in [0, 0.05) is 6.20 Å². The normalized spacial score (nSPS) is 11.2. The minimum absolute atomic E-state index is 0. The van der Waals surface area contributed by atoms with Crippen molar-refractivity contribution in [3.05, 3.63) is 34.9 Å². The third-order valence-corrected chi connectivity index (χ3v) is 2.62. The maximum Gasteiger partial charge on any atom is 0.350 e. The van der Waals surface area contributed by atoms with Crippen molar-refractivity contribution in [3.63, 3.8) is 0 Å². The van der Waals surface area contributed by atoms with Crippen LogP contribution in [0.1, 0.15) is 0 Å². The Bertz CT molecular complexity index is 685. The van der Waals surface area contributed by atoms with Crippen molar-refractivity contribution in [1.82, 2.24) is 19.5 Å². The lowest BCUT2D eigenvalue weighted by Gasteiger charge is -2.14. The van der Waals surface area contributed by atoms with Gasteiger partial charge in [-0.1, -0.05) is 6.07 Å². The maximum absolute atomic E-state index is 12.9. The lowest BCUT2D eigenvalue weighted by Crippen LogP contribution is -2.43. The molecule has 0 fully saturated rings. The zero-order chi connectivity index (χ0) is 14.8. The number of nitrogens with one attached hydrogen (secondary N) is 1. The van der Waals surface area contributed by atoms with Crippen molar-refractivity contribution < 1.29 is 13.6 Å². The molecule has 0 unspecified atom stereocenters. The van der Waals surface area contributed by atoms with E-state index >= 15 is 0 Å². The first-order valence-corrected chi connectivity index (χ1v) is 5.82. The Kier molecular flexibility index (Phi) is 5.39. The van der Waals surface area contributed by atoms with E-state index in [0.717, 1.165) is 4.68 Å². The van der Waals surface area contributed by atoms with Gasteiger partial charge in [0.15, 0.2) is 5.65 Å². The van der Waals surface area contributed by atoms with Gasteiger partial charge >= 0.3 is 5.69 Å². The number of amides is 1. The summed E-state index contributed by atoms with van der Waals surface area (Å²) in [7, 11) is 0. The second kappa shape index (κ2) is 6.64. The van der Waals surface area contributed by atoms with Gasteiger partial charge in [-0.25, -0.2) is 18.3 Å². The van der Waals surface area contributed by atoms with Gasteiger partial charge in [-0.3, -0.25) is 9.20 Å². The summed E-state index contributed by atoms with van der Waals surface area (Å²) in [5.41, 5.74) is 4.71. The fourth-order valence-corrected chi connectivity index (χ4v) is 1.56. The fraction of sp³-hybridized carbons (Fsp3) is 0.364. The average molecular weight is 322 g/mol. The maximum atomic E-state index is 12.9. The molecule has 2 aromatic rings. The minimum atomic E-state index is -3.17. The van der Waals surface area contributed by atoms with Crippen LogP contribution >= 0.6 is 12.4 Å². The Morgan fingerprint density at radius 2 is 2.14 bits per heavy atom. The first-order chi connectivity index (χ1) is 9.43. The molecule has 0 aromatic carbocycles. The van der Waals surface area contributed by atoms with Gasteiger partial charge in [0.25, 0.3) is 5.92 Å². The predicted octanol–water partition coefficient (Wildman–Crippen LogP) is -0.372. The zero-order valence-electron chi connectivity index (χ0n) is 10.8. The van der Waals surface area contributed by atoms with E-state index in [2.05, 4.69) is 5.10 Å². The molecular weight excluding hydrogens is 308 g/mol. The minimum Gasteiger partial charge on any atom is -0.348 e. The Morgan fingerprint density at radius 3 is 2.76 bits per heavy atom. The van der Waals surface area contributed by atoms with E-state index in [1.165, 1.54) is 10.6 Å². The molecule has 0 spiro atoms. The number of halogens is 3. The number of carbonyl (C=O) groups is 1. The van der Waals surface area contributed by atoms with E-state index in [1.807, 2.05) is 5.32 Å². The summed E-state index contributed by atoms with van der Waals surface area (Å²) in [6.07, 6.45) is 1.50. The molecule has 7 nitrogen and oxygen atoms in total. The zero-order valence-corrected chi connectivity index (χ0v) is 11.6. The number of alkyl halides is 2. The second-order valence-corrected chi connectivity index (χ2v) is 4.21. The molecule has 0 saturated heterocycles. The standard InChI is InChI=1S/C11H13F2N5O2.ClH/c12-11(13,6-14)7-15-9(19)5-18-10(20)17-4-2-1-3-8(17)16-18;/h1-4H,5-7,14H2,(H,15,19);1H. The van der Waals surface area contributed by atoms with Gasteiger partial charge in [0.2, 0.25) is 5.91 Å². The van der Waals surface area contributed by atoms with Crippen LogP contribution in [0.3, 0.4) is 0 Å². The molecule has 0 aliphatic rings. The second-order valence-electron chi connectivity index (χ2n) is 4.21. The van der Waals surface area contributed by atoms with E-state index in [-0.39, 0.29) is 12.4 Å². The predicted molar refractivity (Wildman–Crippen MR) is 73.7 cm³/mol. The topological polar surface area (TPSA) is 94.4 Å². The Hall–Kier alpha value is -2.00. The molecule has 10 heteroatoms. The summed E-state index contributed by atoms with van der Waals surface area (Å²) < 4.78 is 27.9. The Labute approximate surface area is 124 Å². The number of hydrogen-bond donors (Lipinski definition) is 2. The summed E-state index contributed by atoms with van der Waals surface area (Å²) in [6.45, 7) is -2.16. The van der Waals surface area contributed by atoms with Crippen LogP contribution in [0.25, 0.3) is 5.65 Å². The van der Waals surface area contributed by atoms with Crippen molar-refractivity contribution >= 4 is 24.0 Å². The molecule has 2 rings (SSSR count). The molecule has 2 heterocycles. The Balaban J connectivity index is 0.00000220. The quantitative estimate of drug-likeness (QED) is 0.785. The molecular formula is C11H14ClF2N5O2. The summed E-state index contributed by atoms with van der Waals surface area (Å²) in [4.78, 5) is 23.3. The van der Waals surface area contributed by atoms with Crippen LogP contribution < -0.4 is 16.7 Å². The monoisotopic (exact) mass is 321 g/mol. The molecule has 0 atom stereocenters. The highest BCUT2D eigenvalue weighted by Gasteiger charge is 2.27. The van der Waals surface area contributed by atoms with E-state index < -0.39 is 37.2 Å². The summed E-state index contributed by atoms with van der Waals surface area (Å²) >= 11 is 0. The van der Waals surface area contributed by atoms with Gasteiger partial charge in [-0.15, -0.1) is 17.5 Å². The highest BCUT2D eigenvalue weighted by molar-refractivity contribution is 5.85. The van der Waals surface area contributed by atoms with Crippen LogP contribution in [-0.4, -0.2) is 39.1 Å². The summed E-state index contributed by atoms with van der Waals surface area (Å²) in [5.74, 6) is -3.90. The van der Waals surface area contributed by atoms with Crippen molar-refractivity contribution in [2.45, 2.75) is 12.5 Å². The van der Waals surface area contributed by atoms with Gasteiger partial charge in [-0.2, -0.15) is 0 Å². The van der Waals surface area contributed by atoms with Crippen molar-refractivity contribution in [2.75, 3.05) is 13.1 Å². The molecule has 3 N–H and O–H groups in total. The van der Waals surface area contributed by atoms with E-state index in [0.29, 0.717) is 5.65 Å². The van der Waals surface area contributed by atoms with Crippen LogP contribution in [0.5, 0.6) is 0 Å². The first-order valence-electron chi connectivity index (χ1n) is 5.82. The number of aromatic nitrogens is 3. The number of hydrogen-bond acceptors (Lipinski definition) is 4. The average Bonchev–Trinajstić information content (AvgIpc) is 2.74. The van der Waals surface area contributed by atoms with E-state index in [4.69, 9.17) is 5.73 Å². The number of carbonyl (C=O) groups excluding carboxylic acids is 1. The van der Waals surface area contributed by atoms with E-state index in [9.17, 15) is 18.4 Å². The number of nitrogens with two attached hydrogens (primary N) is 1. The molecule has 0 aliphatic carbocycles. The van der Waals surface area contributed by atoms with Gasteiger partial charge in [-0.05, 0) is 12.1 Å². The SMILES string of the molecule is Cl.NCC(F)(F)CNC(=O)Cn1nc2ccccn2c1=O. The molecule has 0 saturated carbocycles. The van der Waals surface area contributed by atoms with Crippen molar-refractivity contribution in [1.29, 1.82) is 0 Å². The number of fused-ring (bicyclic) bond motifs is 1. The molecule has 2 aromatic heterocycles. The first kappa shape index (κ1) is 17.1. The highest BCUT2D eigenvalue weighted by atomic mass is 35.5. The fourth-order valence-electron chi connectivity index (χ4n) is 1.56. The summed E-state index contributed by atoms with van der Waals surface area (Å²) in [5, 5.41) is 5.93. The van der Waals surface area contributed by atoms with Crippen LogP contribution in [0, 0.1) is 0 Å². The van der Waals surface area contributed by atoms with Crippen molar-refractivity contribution in [3.8, 4) is 0 Å². The number of nitrogens with zero attached hydrogens (tertiary/aromatic N) is 3. The molecule has 21 heavy (non-hydrogen) atoms. The van der Waals surface area contributed by atoms with Crippen LogP contribution in [0.4, 0.5) is 8.78 Å². The van der Waals surface area contributed by atoms with Crippen LogP contribution in [-0.2, 0) is 11.3 Å². The van der Waals surface area contributed by atoms with Gasteiger partial charge in [0.1, 0.15) is 6.54 Å². The van der Waals surface area contributed by atoms with Gasteiger partial charge < -0.3 is 11.1 Å². The highest BCUT2D eigenvalue weighted by Crippen LogP contribution is 2.08. The molecule has 1 amide bonds. The van der Waals surface area contributed by atoms with Crippen LogP contribution in [0.2, 0.25) is 0 Å². The number of pyridine rings is 1. The molecule has 0 aliphatic heterocycles. The van der Waals surface area contributed by atoms with Crippen molar-refractivity contribution in [2.24, 2.45) is 5.73 Å². The third-order valence-electron chi connectivity index (χ3n) is 2.62. The summed E-state index contributed by atoms with van der Waals surface area (Å²) in [6, 6.07) is 4.93.